The molecule has 0 amide bonds. The van der Waals surface area contributed by atoms with Gasteiger partial charge in [0.2, 0.25) is 0 Å². The zero-order chi connectivity index (χ0) is 68.7. The summed E-state index contributed by atoms with van der Waals surface area (Å²) in [5.41, 5.74) is 0. The van der Waals surface area contributed by atoms with Crippen LogP contribution in [0.2, 0.25) is 0 Å². The van der Waals surface area contributed by atoms with Gasteiger partial charge in [0, 0.05) is 25.7 Å². The minimum atomic E-state index is -4.96. The first-order chi connectivity index (χ1) is 44.8. The fraction of sp³-hybridized carbons (Fsp3) is 0.892. The second kappa shape index (κ2) is 64.2. The SMILES string of the molecule is CCCCCC/C=C\C=C/CCCCCCCC(=O)O[C@H](COC(=O)CCCCCCCCC(C)C)COP(=O)(O)OC[C@H](O)COP(=O)(O)OC[C@@H](COC(=O)CCCCCCCCCCCCCCCCC(C)C)OC(=O)CCCCCCCCCCC(C)CC. The number of aliphatic hydroxyl groups excluding tert-OH is 1. The average molecular weight is 1360 g/mol. The van der Waals surface area contributed by atoms with Crippen molar-refractivity contribution >= 4 is 39.5 Å². The van der Waals surface area contributed by atoms with Gasteiger partial charge in [0.15, 0.2) is 12.2 Å². The van der Waals surface area contributed by atoms with Crippen LogP contribution < -0.4 is 0 Å². The van der Waals surface area contributed by atoms with Crippen LogP contribution in [0.25, 0.3) is 0 Å². The maximum atomic E-state index is 13.0. The van der Waals surface area contributed by atoms with Crippen molar-refractivity contribution in [1.29, 1.82) is 0 Å². The van der Waals surface area contributed by atoms with Crippen molar-refractivity contribution in [3.63, 3.8) is 0 Å². The van der Waals surface area contributed by atoms with Crippen LogP contribution in [0.3, 0.4) is 0 Å². The van der Waals surface area contributed by atoms with Crippen LogP contribution in [0.4, 0.5) is 0 Å². The number of phosphoric ester groups is 2. The molecular formula is C74H140O17P2. The highest BCUT2D eigenvalue weighted by Gasteiger charge is 2.30. The number of allylic oxidation sites excluding steroid dienone is 4. The van der Waals surface area contributed by atoms with E-state index in [9.17, 15) is 43.2 Å². The number of rotatable bonds is 70. The first kappa shape index (κ1) is 90.5. The highest BCUT2D eigenvalue weighted by molar-refractivity contribution is 7.47. The predicted molar refractivity (Wildman–Crippen MR) is 377 cm³/mol. The molecule has 548 valence electrons. The van der Waals surface area contributed by atoms with Crippen LogP contribution in [0, 0.1) is 17.8 Å². The number of hydrogen-bond donors (Lipinski definition) is 3. The summed E-state index contributed by atoms with van der Waals surface area (Å²) >= 11 is 0. The third kappa shape index (κ3) is 66.6. The minimum absolute atomic E-state index is 0.0836. The Kier molecular flexibility index (Phi) is 62.5. The molecule has 0 aliphatic rings. The predicted octanol–water partition coefficient (Wildman–Crippen LogP) is 21.0. The fourth-order valence-electron chi connectivity index (χ4n) is 10.7. The van der Waals surface area contributed by atoms with Gasteiger partial charge < -0.3 is 33.8 Å². The van der Waals surface area contributed by atoms with Gasteiger partial charge >= 0.3 is 39.5 Å². The molecule has 0 aliphatic heterocycles. The van der Waals surface area contributed by atoms with E-state index in [1.807, 2.05) is 0 Å². The van der Waals surface area contributed by atoms with Crippen molar-refractivity contribution in [2.24, 2.45) is 17.8 Å². The van der Waals surface area contributed by atoms with Crippen molar-refractivity contribution < 1.29 is 80.2 Å². The highest BCUT2D eigenvalue weighted by Crippen LogP contribution is 2.45. The summed E-state index contributed by atoms with van der Waals surface area (Å²) in [5.74, 6) is 0.0867. The summed E-state index contributed by atoms with van der Waals surface area (Å²) in [6.07, 6.45) is 52.3. The number of ether oxygens (including phenoxy) is 4. The summed E-state index contributed by atoms with van der Waals surface area (Å²) in [4.78, 5) is 72.6. The molecule has 0 saturated carbocycles. The number of carbonyl (C=O) groups excluding carboxylic acids is 4. The highest BCUT2D eigenvalue weighted by atomic mass is 31.2. The zero-order valence-electron chi connectivity index (χ0n) is 60.2. The Hall–Kier alpha value is -2.46. The van der Waals surface area contributed by atoms with E-state index in [4.69, 9.17) is 37.0 Å². The van der Waals surface area contributed by atoms with Crippen LogP contribution in [0.15, 0.2) is 24.3 Å². The van der Waals surface area contributed by atoms with E-state index in [1.165, 1.54) is 141 Å². The van der Waals surface area contributed by atoms with Gasteiger partial charge in [0.05, 0.1) is 26.4 Å². The molecule has 3 N–H and O–H groups in total. The van der Waals surface area contributed by atoms with Crippen LogP contribution in [0.1, 0.15) is 350 Å². The van der Waals surface area contributed by atoms with Gasteiger partial charge in [-0.05, 0) is 69.1 Å². The lowest BCUT2D eigenvalue weighted by Crippen LogP contribution is -2.30. The summed E-state index contributed by atoms with van der Waals surface area (Å²) in [7, 11) is -9.92. The van der Waals surface area contributed by atoms with Crippen LogP contribution in [0.5, 0.6) is 0 Å². The third-order valence-electron chi connectivity index (χ3n) is 16.9. The molecule has 93 heavy (non-hydrogen) atoms. The van der Waals surface area contributed by atoms with Crippen molar-refractivity contribution in [3.8, 4) is 0 Å². The van der Waals surface area contributed by atoms with E-state index in [0.29, 0.717) is 31.6 Å². The molecule has 0 bridgehead atoms. The lowest BCUT2D eigenvalue weighted by atomic mass is 9.99. The molecule has 0 spiro atoms. The van der Waals surface area contributed by atoms with E-state index in [1.54, 1.807) is 0 Å². The molecule has 0 aromatic carbocycles. The molecule has 0 rings (SSSR count). The van der Waals surface area contributed by atoms with E-state index < -0.39 is 97.5 Å². The molecule has 0 saturated heterocycles. The number of unbranched alkanes of at least 4 members (excludes halogenated alkanes) is 34. The minimum Gasteiger partial charge on any atom is -0.462 e. The van der Waals surface area contributed by atoms with E-state index >= 15 is 0 Å². The molecule has 0 fully saturated rings. The van der Waals surface area contributed by atoms with Gasteiger partial charge in [-0.3, -0.25) is 37.3 Å². The first-order valence-electron chi connectivity index (χ1n) is 37.7. The molecular weight excluding hydrogens is 1220 g/mol. The van der Waals surface area contributed by atoms with E-state index in [0.717, 1.165) is 121 Å². The lowest BCUT2D eigenvalue weighted by Gasteiger charge is -2.21. The zero-order valence-corrected chi connectivity index (χ0v) is 62.0. The van der Waals surface area contributed by atoms with Crippen molar-refractivity contribution in [3.05, 3.63) is 24.3 Å². The maximum Gasteiger partial charge on any atom is 0.472 e. The summed E-state index contributed by atoms with van der Waals surface area (Å²) in [6.45, 7) is 11.7. The third-order valence-corrected chi connectivity index (χ3v) is 18.8. The number of esters is 4. The van der Waals surface area contributed by atoms with E-state index in [2.05, 4.69) is 72.8 Å². The summed E-state index contributed by atoms with van der Waals surface area (Å²) < 4.78 is 68.3. The Morgan fingerprint density at radius 2 is 0.634 bits per heavy atom. The van der Waals surface area contributed by atoms with Crippen molar-refractivity contribution in [1.82, 2.24) is 0 Å². The Morgan fingerprint density at radius 1 is 0.355 bits per heavy atom. The second-order valence-electron chi connectivity index (χ2n) is 27.2. The number of hydrogen-bond acceptors (Lipinski definition) is 15. The normalized spacial score (nSPS) is 14.6. The molecule has 3 unspecified atom stereocenters. The average Bonchev–Trinajstić information content (AvgIpc) is 2.69. The van der Waals surface area contributed by atoms with E-state index in [-0.39, 0.29) is 25.7 Å². The quantitative estimate of drug-likeness (QED) is 0.0169. The van der Waals surface area contributed by atoms with Gasteiger partial charge in [0.1, 0.15) is 19.3 Å². The van der Waals surface area contributed by atoms with Crippen LogP contribution >= 0.6 is 15.6 Å². The lowest BCUT2D eigenvalue weighted by molar-refractivity contribution is -0.161. The molecule has 0 radical (unpaired) electrons. The first-order valence-corrected chi connectivity index (χ1v) is 40.7. The van der Waals surface area contributed by atoms with Gasteiger partial charge in [0.25, 0.3) is 0 Å². The Morgan fingerprint density at radius 3 is 0.957 bits per heavy atom. The van der Waals surface area contributed by atoms with Crippen molar-refractivity contribution in [2.45, 2.75) is 369 Å². The number of aliphatic hydroxyl groups is 1. The molecule has 0 aliphatic carbocycles. The molecule has 0 aromatic heterocycles. The van der Waals surface area contributed by atoms with Gasteiger partial charge in [-0.2, -0.15) is 0 Å². The molecule has 0 aromatic rings. The smallest absolute Gasteiger partial charge is 0.462 e. The topological polar surface area (TPSA) is 237 Å². The monoisotopic (exact) mass is 1360 g/mol. The van der Waals surface area contributed by atoms with Crippen molar-refractivity contribution in [2.75, 3.05) is 39.6 Å². The molecule has 19 heteroatoms. The molecule has 17 nitrogen and oxygen atoms in total. The molecule has 0 heterocycles. The Bertz CT molecular complexity index is 1910. The fourth-order valence-corrected chi connectivity index (χ4v) is 12.3. The van der Waals surface area contributed by atoms with Gasteiger partial charge in [-0.15, -0.1) is 0 Å². The second-order valence-corrected chi connectivity index (χ2v) is 30.1. The largest absolute Gasteiger partial charge is 0.472 e. The van der Waals surface area contributed by atoms with Crippen LogP contribution in [-0.4, -0.2) is 96.7 Å². The Balaban J connectivity index is 5.25. The Labute approximate surface area is 567 Å². The maximum absolute atomic E-state index is 13.0. The number of phosphoric acid groups is 2. The molecule has 6 atom stereocenters. The summed E-state index contributed by atoms with van der Waals surface area (Å²) in [6, 6.07) is 0. The van der Waals surface area contributed by atoms with Gasteiger partial charge in [-0.1, -0.05) is 297 Å². The summed E-state index contributed by atoms with van der Waals surface area (Å²) in [5, 5.41) is 10.6. The van der Waals surface area contributed by atoms with Gasteiger partial charge in [-0.25, -0.2) is 9.13 Å². The standard InChI is InChI=1S/C74H140O17P2/c1-8-10-11-12-13-14-15-16-17-22-25-28-34-43-50-57-73(78)90-70(62-85-72(77)56-49-42-37-36-39-46-53-66(5)6)64-89-93(82,83)87-60-68(75)59-86-92(80,81)88-63-69(91-74(79)58-51-44-35-30-29-32-40-47-54-67(7)9-2)61-84-71(76)55-48-41-33-27-24-21-19-18-20-23-26-31-38-45-52-65(3)4/h14-17,65-70,75H,8-13,18-64H2,1-7H3,(H,80,81)(H,82,83)/b15-14-,17-16-/t67?,68-,69-,70-/m1/s1. The number of carbonyl (C=O) groups is 4. The van der Waals surface area contributed by atoms with Crippen LogP contribution in [-0.2, 0) is 65.4 Å².